The maximum Gasteiger partial charge on any atom is 0.127 e. The van der Waals surface area contributed by atoms with Crippen molar-refractivity contribution >= 4 is 0 Å². The fraction of sp³-hybridized carbons (Fsp3) is 0.440. The monoisotopic (exact) mass is 373 g/mol. The van der Waals surface area contributed by atoms with Crippen LogP contribution in [0.15, 0.2) is 55.1 Å². The van der Waals surface area contributed by atoms with Crippen molar-refractivity contribution in [3.05, 3.63) is 83.2 Å². The van der Waals surface area contributed by atoms with Crippen LogP contribution in [0.1, 0.15) is 69.7 Å². The van der Waals surface area contributed by atoms with E-state index < -0.39 is 0 Å². The van der Waals surface area contributed by atoms with Crippen LogP contribution in [0.3, 0.4) is 0 Å². The molecule has 0 aliphatic rings. The van der Waals surface area contributed by atoms with Crippen molar-refractivity contribution in [1.82, 2.24) is 5.32 Å². The number of aryl methyl sites for hydroxylation is 1. The number of hydrogen-bond acceptors (Lipinski definition) is 1. The van der Waals surface area contributed by atoms with Crippen LogP contribution in [0.5, 0.6) is 0 Å². The first kappa shape index (κ1) is 27.3. The Balaban J connectivity index is 0. The molecule has 0 atom stereocenters. The molecular formula is C25H40FN. The molecular weight excluding hydrogens is 333 g/mol. The van der Waals surface area contributed by atoms with Crippen LogP contribution in [-0.4, -0.2) is 6.54 Å². The van der Waals surface area contributed by atoms with Crippen molar-refractivity contribution in [2.75, 3.05) is 6.54 Å². The summed E-state index contributed by atoms with van der Waals surface area (Å²) in [5, 5.41) is 3.03. The van der Waals surface area contributed by atoms with E-state index >= 15 is 0 Å². The molecule has 2 aromatic carbocycles. The zero-order valence-corrected chi connectivity index (χ0v) is 18.7. The Bertz CT molecular complexity index is 617. The first-order valence-electron chi connectivity index (χ1n) is 10.1. The van der Waals surface area contributed by atoms with E-state index in [1.54, 1.807) is 18.2 Å². The average molecular weight is 374 g/mol. The van der Waals surface area contributed by atoms with Crippen LogP contribution in [0.2, 0.25) is 0 Å². The van der Waals surface area contributed by atoms with E-state index in [2.05, 4.69) is 57.8 Å². The smallest absolute Gasteiger partial charge is 0.127 e. The van der Waals surface area contributed by atoms with E-state index in [-0.39, 0.29) is 5.82 Å². The number of rotatable bonds is 5. The number of hydrogen-bond donors (Lipinski definition) is 1. The summed E-state index contributed by atoms with van der Waals surface area (Å²) in [6.07, 6.45) is 1.75. The van der Waals surface area contributed by atoms with Gasteiger partial charge in [-0.3, -0.25) is 0 Å². The molecule has 0 amide bonds. The summed E-state index contributed by atoms with van der Waals surface area (Å²) >= 11 is 0. The molecule has 2 rings (SSSR count). The SMILES string of the molecule is C=CCNCc1ccccc1F.CC.CC.Cc1cccc(C(C)C)c1C. The standard InChI is InChI=1S/C11H16.C10H12FN.2C2H6/c1-8(2)11-7-5-6-9(3)10(11)4;1-2-7-12-8-9-5-3-4-6-10(9)11;2*1-2/h5-8H,1-4H3;2-6,12H,1,7-8H2;2*1-2H3. The van der Waals surface area contributed by atoms with Crippen LogP contribution in [0.25, 0.3) is 0 Å². The predicted molar refractivity (Wildman–Crippen MR) is 121 cm³/mol. The summed E-state index contributed by atoms with van der Waals surface area (Å²) in [6, 6.07) is 13.3. The molecule has 0 spiro atoms. The van der Waals surface area contributed by atoms with Crippen molar-refractivity contribution in [1.29, 1.82) is 0 Å². The highest BCUT2D eigenvalue weighted by Crippen LogP contribution is 2.20. The summed E-state index contributed by atoms with van der Waals surface area (Å²) in [6.45, 7) is 21.7. The number of nitrogens with one attached hydrogen (secondary N) is 1. The third-order valence-electron chi connectivity index (χ3n) is 3.83. The molecule has 2 aromatic rings. The van der Waals surface area contributed by atoms with Gasteiger partial charge in [0, 0.05) is 18.7 Å². The summed E-state index contributed by atoms with van der Waals surface area (Å²) in [5.41, 5.74) is 5.02. The van der Waals surface area contributed by atoms with Crippen LogP contribution in [0, 0.1) is 19.7 Å². The highest BCUT2D eigenvalue weighted by Gasteiger charge is 2.03. The molecule has 0 radical (unpaired) electrons. The van der Waals surface area contributed by atoms with Gasteiger partial charge < -0.3 is 5.32 Å². The summed E-state index contributed by atoms with van der Waals surface area (Å²) in [7, 11) is 0. The maximum absolute atomic E-state index is 13.0. The zero-order chi connectivity index (χ0) is 21.2. The molecule has 0 fully saturated rings. The van der Waals surface area contributed by atoms with Gasteiger partial charge in [-0.15, -0.1) is 6.58 Å². The molecule has 0 unspecified atom stereocenters. The molecule has 1 N–H and O–H groups in total. The Morgan fingerprint density at radius 1 is 0.963 bits per heavy atom. The van der Waals surface area contributed by atoms with Gasteiger partial charge >= 0.3 is 0 Å². The minimum absolute atomic E-state index is 0.158. The largest absolute Gasteiger partial charge is 0.309 e. The molecule has 0 saturated heterocycles. The molecule has 0 bridgehead atoms. The topological polar surface area (TPSA) is 12.0 Å². The fourth-order valence-electron chi connectivity index (χ4n) is 2.35. The molecule has 0 aromatic heterocycles. The highest BCUT2D eigenvalue weighted by atomic mass is 19.1. The number of benzene rings is 2. The van der Waals surface area contributed by atoms with Gasteiger partial charge in [0.05, 0.1) is 0 Å². The Morgan fingerprint density at radius 3 is 2.04 bits per heavy atom. The lowest BCUT2D eigenvalue weighted by Gasteiger charge is -2.10. The van der Waals surface area contributed by atoms with Crippen LogP contribution >= 0.6 is 0 Å². The lowest BCUT2D eigenvalue weighted by molar-refractivity contribution is 0.597. The van der Waals surface area contributed by atoms with E-state index in [9.17, 15) is 4.39 Å². The van der Waals surface area contributed by atoms with Gasteiger partial charge in [0.25, 0.3) is 0 Å². The first-order chi connectivity index (χ1) is 13.0. The second kappa shape index (κ2) is 17.5. The number of halogens is 1. The zero-order valence-electron chi connectivity index (χ0n) is 18.7. The second-order valence-corrected chi connectivity index (χ2v) is 5.95. The van der Waals surface area contributed by atoms with E-state index in [0.717, 1.165) is 0 Å². The average Bonchev–Trinajstić information content (AvgIpc) is 2.69. The van der Waals surface area contributed by atoms with Crippen molar-refractivity contribution in [2.24, 2.45) is 0 Å². The third-order valence-corrected chi connectivity index (χ3v) is 3.83. The second-order valence-electron chi connectivity index (χ2n) is 5.95. The van der Waals surface area contributed by atoms with Gasteiger partial charge in [0.15, 0.2) is 0 Å². The van der Waals surface area contributed by atoms with Gasteiger partial charge in [-0.2, -0.15) is 0 Å². The first-order valence-corrected chi connectivity index (χ1v) is 10.1. The van der Waals surface area contributed by atoms with Crippen molar-refractivity contribution in [3.8, 4) is 0 Å². The summed E-state index contributed by atoms with van der Waals surface area (Å²) in [5.74, 6) is 0.490. The van der Waals surface area contributed by atoms with E-state index in [1.165, 1.54) is 22.8 Å². The molecule has 0 aliphatic carbocycles. The Hall–Kier alpha value is -1.93. The lowest BCUT2D eigenvalue weighted by Crippen LogP contribution is -2.13. The van der Waals surface area contributed by atoms with Crippen molar-refractivity contribution < 1.29 is 4.39 Å². The fourth-order valence-corrected chi connectivity index (χ4v) is 2.35. The lowest BCUT2D eigenvalue weighted by atomic mass is 9.95. The normalized spacial score (nSPS) is 9.11. The summed E-state index contributed by atoms with van der Waals surface area (Å²) in [4.78, 5) is 0. The van der Waals surface area contributed by atoms with Crippen molar-refractivity contribution in [2.45, 2.75) is 67.9 Å². The molecule has 2 heteroatoms. The Labute approximate surface area is 167 Å². The molecule has 27 heavy (non-hydrogen) atoms. The van der Waals surface area contributed by atoms with Gasteiger partial charge in [-0.05, 0) is 42.5 Å². The van der Waals surface area contributed by atoms with Gasteiger partial charge in [0.1, 0.15) is 5.82 Å². The Morgan fingerprint density at radius 2 is 1.56 bits per heavy atom. The summed E-state index contributed by atoms with van der Waals surface area (Å²) < 4.78 is 13.0. The predicted octanol–water partition coefficient (Wildman–Crippen LogP) is 7.58. The van der Waals surface area contributed by atoms with Gasteiger partial charge in [-0.25, -0.2) is 4.39 Å². The van der Waals surface area contributed by atoms with Crippen LogP contribution in [0.4, 0.5) is 4.39 Å². The van der Waals surface area contributed by atoms with Crippen molar-refractivity contribution in [3.63, 3.8) is 0 Å². The minimum Gasteiger partial charge on any atom is -0.309 e. The third kappa shape index (κ3) is 11.4. The van der Waals surface area contributed by atoms with Crippen LogP contribution < -0.4 is 5.32 Å². The molecule has 0 saturated carbocycles. The van der Waals surface area contributed by atoms with E-state index in [4.69, 9.17) is 0 Å². The highest BCUT2D eigenvalue weighted by molar-refractivity contribution is 5.34. The van der Waals surface area contributed by atoms with Gasteiger partial charge in [0.2, 0.25) is 0 Å². The minimum atomic E-state index is -0.158. The Kier molecular flexibility index (Phi) is 17.7. The van der Waals surface area contributed by atoms with Crippen LogP contribution in [-0.2, 0) is 6.54 Å². The van der Waals surface area contributed by atoms with E-state index in [1.807, 2.05) is 33.8 Å². The molecule has 0 aliphatic heterocycles. The van der Waals surface area contributed by atoms with E-state index in [0.29, 0.717) is 24.6 Å². The molecule has 152 valence electrons. The maximum atomic E-state index is 13.0. The quantitative estimate of drug-likeness (QED) is 0.420. The molecule has 1 nitrogen and oxygen atoms in total. The van der Waals surface area contributed by atoms with Gasteiger partial charge in [-0.1, -0.05) is 84.0 Å². The molecule has 0 heterocycles.